The van der Waals surface area contributed by atoms with E-state index < -0.39 is 0 Å². The van der Waals surface area contributed by atoms with Gasteiger partial charge in [0, 0.05) is 32.4 Å². The van der Waals surface area contributed by atoms with Gasteiger partial charge in [0.1, 0.15) is 5.82 Å². The van der Waals surface area contributed by atoms with Crippen molar-refractivity contribution in [3.05, 3.63) is 59.9 Å². The second-order valence-electron chi connectivity index (χ2n) is 6.52. The van der Waals surface area contributed by atoms with Crippen LogP contribution in [0.15, 0.2) is 48.5 Å². The van der Waals surface area contributed by atoms with E-state index in [1.807, 2.05) is 35.2 Å². The Labute approximate surface area is 153 Å². The lowest BCUT2D eigenvalue weighted by Gasteiger charge is -2.19. The molecule has 0 radical (unpaired) electrons. The third-order valence-corrected chi connectivity index (χ3v) is 4.55. The van der Waals surface area contributed by atoms with E-state index in [9.17, 15) is 9.18 Å². The number of nitrogens with zero attached hydrogens (tertiary/aromatic N) is 1. The molecule has 0 aromatic heterocycles. The average molecular weight is 357 g/mol. The van der Waals surface area contributed by atoms with Gasteiger partial charge in [0.25, 0.3) is 0 Å². The third-order valence-electron chi connectivity index (χ3n) is 4.55. The maximum Gasteiger partial charge on any atom is 0.319 e. The second-order valence-corrected chi connectivity index (χ2v) is 6.52. The Hall–Kier alpha value is -2.60. The van der Waals surface area contributed by atoms with Crippen LogP contribution in [0.1, 0.15) is 12.0 Å². The van der Waals surface area contributed by atoms with Gasteiger partial charge in [-0.1, -0.05) is 24.3 Å². The van der Waals surface area contributed by atoms with Crippen LogP contribution in [0.3, 0.4) is 0 Å². The lowest BCUT2D eigenvalue weighted by Crippen LogP contribution is -2.34. The molecule has 1 fully saturated rings. The molecule has 0 bridgehead atoms. The zero-order chi connectivity index (χ0) is 18.4. The molecule has 0 saturated carbocycles. The minimum atomic E-state index is -0.228. The Kier molecular flexibility index (Phi) is 6.07. The summed E-state index contributed by atoms with van der Waals surface area (Å²) in [7, 11) is 1.65. The summed E-state index contributed by atoms with van der Waals surface area (Å²) in [6.07, 6.45) is 0.931. The van der Waals surface area contributed by atoms with Crippen molar-refractivity contribution in [2.45, 2.75) is 13.0 Å². The molecule has 5 nitrogen and oxygen atoms in total. The summed E-state index contributed by atoms with van der Waals surface area (Å²) in [6.45, 7) is 2.66. The van der Waals surface area contributed by atoms with Crippen molar-refractivity contribution in [3.8, 4) is 0 Å². The van der Waals surface area contributed by atoms with E-state index in [1.54, 1.807) is 19.2 Å². The van der Waals surface area contributed by atoms with Gasteiger partial charge in [-0.2, -0.15) is 0 Å². The van der Waals surface area contributed by atoms with E-state index in [1.165, 1.54) is 6.07 Å². The zero-order valence-electron chi connectivity index (χ0n) is 14.9. The molecule has 2 amide bonds. The SMILES string of the molecule is COCc1ccc(NC(=O)NC[C@@H]2CCN(c3ccccc3F)C2)cc1. The van der Waals surface area contributed by atoms with Crippen LogP contribution >= 0.6 is 0 Å². The molecule has 26 heavy (non-hydrogen) atoms. The monoisotopic (exact) mass is 357 g/mol. The van der Waals surface area contributed by atoms with E-state index in [0.717, 1.165) is 30.8 Å². The van der Waals surface area contributed by atoms with Crippen LogP contribution in [-0.4, -0.2) is 32.8 Å². The molecular formula is C20H24FN3O2. The Morgan fingerprint density at radius 3 is 2.73 bits per heavy atom. The molecule has 6 heteroatoms. The van der Waals surface area contributed by atoms with Crippen molar-refractivity contribution in [2.75, 3.05) is 37.0 Å². The number of rotatable bonds is 6. The van der Waals surface area contributed by atoms with Gasteiger partial charge in [-0.25, -0.2) is 9.18 Å². The van der Waals surface area contributed by atoms with Crippen LogP contribution in [0.4, 0.5) is 20.6 Å². The summed E-state index contributed by atoms with van der Waals surface area (Å²) < 4.78 is 18.9. The maximum atomic E-state index is 13.9. The highest BCUT2D eigenvalue weighted by atomic mass is 19.1. The zero-order valence-corrected chi connectivity index (χ0v) is 14.9. The van der Waals surface area contributed by atoms with E-state index in [-0.39, 0.29) is 11.8 Å². The predicted molar refractivity (Wildman–Crippen MR) is 101 cm³/mol. The molecule has 1 atom stereocenters. The van der Waals surface area contributed by atoms with E-state index in [2.05, 4.69) is 10.6 Å². The van der Waals surface area contributed by atoms with Gasteiger partial charge in [-0.15, -0.1) is 0 Å². The summed E-state index contributed by atoms with van der Waals surface area (Å²) in [5.41, 5.74) is 2.43. The minimum Gasteiger partial charge on any atom is -0.380 e. The summed E-state index contributed by atoms with van der Waals surface area (Å²) in [5.74, 6) is 0.111. The summed E-state index contributed by atoms with van der Waals surface area (Å²) >= 11 is 0. The highest BCUT2D eigenvalue weighted by Crippen LogP contribution is 2.25. The number of anilines is 2. The normalized spacial score (nSPS) is 16.5. The number of hydrogen-bond acceptors (Lipinski definition) is 3. The molecular weight excluding hydrogens is 333 g/mol. The lowest BCUT2D eigenvalue weighted by molar-refractivity contribution is 0.185. The van der Waals surface area contributed by atoms with Crippen LogP contribution in [-0.2, 0) is 11.3 Å². The number of carbonyl (C=O) groups is 1. The van der Waals surface area contributed by atoms with E-state index >= 15 is 0 Å². The molecule has 138 valence electrons. The molecule has 2 N–H and O–H groups in total. The summed E-state index contributed by atoms with van der Waals surface area (Å²) in [4.78, 5) is 14.1. The lowest BCUT2D eigenvalue weighted by atomic mass is 10.1. The van der Waals surface area contributed by atoms with Gasteiger partial charge in [-0.05, 0) is 42.2 Å². The number of carbonyl (C=O) groups excluding carboxylic acids is 1. The fraction of sp³-hybridized carbons (Fsp3) is 0.350. The van der Waals surface area contributed by atoms with Crippen molar-refractivity contribution in [2.24, 2.45) is 5.92 Å². The van der Waals surface area contributed by atoms with Gasteiger partial charge in [0.2, 0.25) is 0 Å². The molecule has 1 aliphatic heterocycles. The predicted octanol–water partition coefficient (Wildman–Crippen LogP) is 3.62. The van der Waals surface area contributed by atoms with Gasteiger partial charge in [0.05, 0.1) is 12.3 Å². The number of ether oxygens (including phenoxy) is 1. The van der Waals surface area contributed by atoms with Crippen molar-refractivity contribution in [1.29, 1.82) is 0 Å². The number of hydrogen-bond donors (Lipinski definition) is 2. The van der Waals surface area contributed by atoms with E-state index in [4.69, 9.17) is 4.74 Å². The van der Waals surface area contributed by atoms with Crippen molar-refractivity contribution in [1.82, 2.24) is 5.32 Å². The molecule has 1 saturated heterocycles. The number of urea groups is 1. The first kappa shape index (κ1) is 18.2. The van der Waals surface area contributed by atoms with Crippen molar-refractivity contribution in [3.63, 3.8) is 0 Å². The smallest absolute Gasteiger partial charge is 0.319 e. The number of para-hydroxylation sites is 1. The average Bonchev–Trinajstić information content (AvgIpc) is 3.11. The fourth-order valence-electron chi connectivity index (χ4n) is 3.19. The molecule has 3 rings (SSSR count). The topological polar surface area (TPSA) is 53.6 Å². The van der Waals surface area contributed by atoms with Crippen LogP contribution in [0.25, 0.3) is 0 Å². The maximum absolute atomic E-state index is 13.9. The molecule has 0 unspecified atom stereocenters. The minimum absolute atomic E-state index is 0.198. The van der Waals surface area contributed by atoms with Gasteiger partial charge >= 0.3 is 6.03 Å². The van der Waals surface area contributed by atoms with Gasteiger partial charge in [-0.3, -0.25) is 0 Å². The number of benzene rings is 2. The molecule has 0 aliphatic carbocycles. The van der Waals surface area contributed by atoms with Crippen LogP contribution in [0.5, 0.6) is 0 Å². The van der Waals surface area contributed by atoms with Crippen LogP contribution in [0, 0.1) is 11.7 Å². The highest BCUT2D eigenvalue weighted by Gasteiger charge is 2.24. The first-order valence-electron chi connectivity index (χ1n) is 8.78. The molecule has 1 aliphatic rings. The molecule has 2 aromatic rings. The quantitative estimate of drug-likeness (QED) is 0.830. The Morgan fingerprint density at radius 1 is 1.23 bits per heavy atom. The van der Waals surface area contributed by atoms with Crippen LogP contribution in [0.2, 0.25) is 0 Å². The second kappa shape index (κ2) is 8.67. The fourth-order valence-corrected chi connectivity index (χ4v) is 3.19. The van der Waals surface area contributed by atoms with Crippen LogP contribution < -0.4 is 15.5 Å². The number of methoxy groups -OCH3 is 1. The largest absolute Gasteiger partial charge is 0.380 e. The number of amides is 2. The first-order valence-corrected chi connectivity index (χ1v) is 8.78. The standard InChI is InChI=1S/C20H24FN3O2/c1-26-14-15-6-8-17(9-7-15)23-20(25)22-12-16-10-11-24(13-16)19-5-3-2-4-18(19)21/h2-9,16H,10-14H2,1H3,(H2,22,23,25)/t16-/m0/s1. The van der Waals surface area contributed by atoms with Gasteiger partial charge < -0.3 is 20.3 Å². The summed E-state index contributed by atoms with van der Waals surface area (Å²) in [5, 5.41) is 5.73. The third kappa shape index (κ3) is 4.73. The number of nitrogens with one attached hydrogen (secondary N) is 2. The molecule has 1 heterocycles. The number of halogens is 1. The first-order chi connectivity index (χ1) is 12.7. The Morgan fingerprint density at radius 2 is 2.00 bits per heavy atom. The molecule has 2 aromatic carbocycles. The van der Waals surface area contributed by atoms with Crippen molar-refractivity contribution < 1.29 is 13.9 Å². The van der Waals surface area contributed by atoms with E-state index in [0.29, 0.717) is 24.8 Å². The highest BCUT2D eigenvalue weighted by molar-refractivity contribution is 5.89. The Bertz CT molecular complexity index is 736. The van der Waals surface area contributed by atoms with Gasteiger partial charge in [0.15, 0.2) is 0 Å². The molecule has 0 spiro atoms. The van der Waals surface area contributed by atoms with Crippen molar-refractivity contribution >= 4 is 17.4 Å². The Balaban J connectivity index is 1.44. The summed E-state index contributed by atoms with van der Waals surface area (Å²) in [6, 6.07) is 14.1.